The van der Waals surface area contributed by atoms with Gasteiger partial charge in [-0.2, -0.15) is 0 Å². The van der Waals surface area contributed by atoms with Crippen LogP contribution in [0.4, 0.5) is 15.8 Å². The third-order valence-electron chi connectivity index (χ3n) is 4.46. The molecule has 2 aliphatic rings. The summed E-state index contributed by atoms with van der Waals surface area (Å²) in [7, 11) is 0. The van der Waals surface area contributed by atoms with Crippen molar-refractivity contribution >= 4 is 28.7 Å². The standard InChI is InChI=1S/C14H16FN3O2S/c15-11-4-3-10(18(19)20)7-13(11)17-14(21)16-12-6-8-1-2-9(12)5-8/h3-4,7-9,12H,1-2,5-6H2,(H2,16,17,21)/t8-,9+,12-/m0/s1. The maximum absolute atomic E-state index is 13.7. The van der Waals surface area contributed by atoms with Gasteiger partial charge in [0.25, 0.3) is 5.69 Å². The molecule has 5 nitrogen and oxygen atoms in total. The molecule has 0 spiro atoms. The SMILES string of the molecule is O=[N+]([O-])c1ccc(F)c(NC(=S)N[C@H]2C[C@H]3CC[C@@H]2C3)c1. The Morgan fingerprint density at radius 2 is 2.19 bits per heavy atom. The lowest BCUT2D eigenvalue weighted by atomic mass is 9.96. The predicted octanol–water partition coefficient (Wildman–Crippen LogP) is 3.21. The first-order valence-electron chi connectivity index (χ1n) is 7.04. The maximum atomic E-state index is 13.7. The lowest BCUT2D eigenvalue weighted by Gasteiger charge is -2.24. The van der Waals surface area contributed by atoms with Gasteiger partial charge >= 0.3 is 0 Å². The molecule has 21 heavy (non-hydrogen) atoms. The molecule has 0 unspecified atom stereocenters. The van der Waals surface area contributed by atoms with E-state index in [-0.39, 0.29) is 11.4 Å². The van der Waals surface area contributed by atoms with Gasteiger partial charge in [-0.15, -0.1) is 0 Å². The first kappa shape index (κ1) is 14.2. The van der Waals surface area contributed by atoms with E-state index in [9.17, 15) is 14.5 Å². The summed E-state index contributed by atoms with van der Waals surface area (Å²) >= 11 is 5.20. The lowest BCUT2D eigenvalue weighted by molar-refractivity contribution is -0.384. The quantitative estimate of drug-likeness (QED) is 0.510. The number of benzene rings is 1. The van der Waals surface area contributed by atoms with Gasteiger partial charge < -0.3 is 10.6 Å². The van der Waals surface area contributed by atoms with Crippen LogP contribution in [0.15, 0.2) is 18.2 Å². The Kier molecular flexibility index (Phi) is 3.75. The van der Waals surface area contributed by atoms with E-state index in [1.807, 2.05) is 0 Å². The monoisotopic (exact) mass is 309 g/mol. The van der Waals surface area contributed by atoms with Gasteiger partial charge in [0.2, 0.25) is 0 Å². The zero-order valence-electron chi connectivity index (χ0n) is 11.3. The fraction of sp³-hybridized carbons (Fsp3) is 0.500. The van der Waals surface area contributed by atoms with Gasteiger partial charge in [-0.05, 0) is 49.4 Å². The van der Waals surface area contributed by atoms with Crippen molar-refractivity contribution in [2.45, 2.75) is 31.7 Å². The molecule has 2 fully saturated rings. The first-order chi connectivity index (χ1) is 10.0. The Hall–Kier alpha value is -1.76. The predicted molar refractivity (Wildman–Crippen MR) is 81.6 cm³/mol. The van der Waals surface area contributed by atoms with Crippen LogP contribution >= 0.6 is 12.2 Å². The van der Waals surface area contributed by atoms with Crippen LogP contribution in [0, 0.1) is 27.8 Å². The molecule has 2 saturated carbocycles. The number of hydrogen-bond donors (Lipinski definition) is 2. The molecular weight excluding hydrogens is 293 g/mol. The number of non-ortho nitro benzene ring substituents is 1. The van der Waals surface area contributed by atoms with Crippen molar-refractivity contribution < 1.29 is 9.31 Å². The van der Waals surface area contributed by atoms with Crippen molar-refractivity contribution in [2.75, 3.05) is 5.32 Å². The van der Waals surface area contributed by atoms with E-state index in [4.69, 9.17) is 12.2 Å². The van der Waals surface area contributed by atoms with Crippen molar-refractivity contribution in [1.82, 2.24) is 5.32 Å². The molecule has 1 aromatic carbocycles. The molecule has 112 valence electrons. The highest BCUT2D eigenvalue weighted by Crippen LogP contribution is 2.44. The topological polar surface area (TPSA) is 67.2 Å². The Balaban J connectivity index is 1.64. The smallest absolute Gasteiger partial charge is 0.271 e. The number of nitrogens with one attached hydrogen (secondary N) is 2. The van der Waals surface area contributed by atoms with Crippen LogP contribution in [0.1, 0.15) is 25.7 Å². The van der Waals surface area contributed by atoms with Crippen LogP contribution in [0.3, 0.4) is 0 Å². The summed E-state index contributed by atoms with van der Waals surface area (Å²) in [6.45, 7) is 0. The molecule has 3 atom stereocenters. The van der Waals surface area contributed by atoms with Gasteiger partial charge in [0.15, 0.2) is 5.11 Å². The summed E-state index contributed by atoms with van der Waals surface area (Å²) < 4.78 is 13.7. The average Bonchev–Trinajstić information content (AvgIpc) is 3.03. The number of anilines is 1. The van der Waals surface area contributed by atoms with Crippen molar-refractivity contribution in [3.63, 3.8) is 0 Å². The number of fused-ring (bicyclic) bond motifs is 2. The average molecular weight is 309 g/mol. The van der Waals surface area contributed by atoms with Crippen LogP contribution in [0.5, 0.6) is 0 Å². The van der Waals surface area contributed by atoms with Crippen molar-refractivity contribution in [3.8, 4) is 0 Å². The van der Waals surface area contributed by atoms with E-state index in [0.29, 0.717) is 17.1 Å². The molecule has 1 aromatic rings. The number of nitro groups is 1. The van der Waals surface area contributed by atoms with Gasteiger partial charge in [0, 0.05) is 18.2 Å². The van der Waals surface area contributed by atoms with Crippen molar-refractivity contribution in [3.05, 3.63) is 34.1 Å². The third-order valence-corrected chi connectivity index (χ3v) is 4.68. The van der Waals surface area contributed by atoms with Crippen LogP contribution < -0.4 is 10.6 Å². The number of thiocarbonyl (C=S) groups is 1. The third kappa shape index (κ3) is 2.97. The minimum atomic E-state index is -0.559. The summed E-state index contributed by atoms with van der Waals surface area (Å²) in [5.74, 6) is 0.868. The highest BCUT2D eigenvalue weighted by Gasteiger charge is 2.39. The minimum Gasteiger partial charge on any atom is -0.359 e. The molecule has 2 aliphatic carbocycles. The molecule has 7 heteroatoms. The molecule has 2 bridgehead atoms. The summed E-state index contributed by atoms with van der Waals surface area (Å²) in [5, 5.41) is 17.0. The highest BCUT2D eigenvalue weighted by molar-refractivity contribution is 7.80. The summed E-state index contributed by atoms with van der Waals surface area (Å²) in [6.07, 6.45) is 4.86. The molecule has 0 saturated heterocycles. The molecular formula is C14H16FN3O2S. The number of halogens is 1. The second kappa shape index (κ2) is 5.55. The minimum absolute atomic E-state index is 0.0323. The van der Waals surface area contributed by atoms with Crippen LogP contribution in [-0.4, -0.2) is 16.1 Å². The molecule has 0 aliphatic heterocycles. The Morgan fingerprint density at radius 3 is 2.81 bits per heavy atom. The van der Waals surface area contributed by atoms with E-state index in [2.05, 4.69) is 10.6 Å². The molecule has 3 rings (SSSR count). The highest BCUT2D eigenvalue weighted by atomic mass is 32.1. The van der Waals surface area contributed by atoms with Gasteiger partial charge in [-0.1, -0.05) is 6.42 Å². The van der Waals surface area contributed by atoms with E-state index in [1.54, 1.807) is 0 Å². The number of hydrogen-bond acceptors (Lipinski definition) is 3. The molecule has 0 aromatic heterocycles. The fourth-order valence-corrected chi connectivity index (χ4v) is 3.73. The lowest BCUT2D eigenvalue weighted by Crippen LogP contribution is -2.40. The Labute approximate surface area is 127 Å². The molecule has 0 radical (unpaired) electrons. The number of nitro benzene ring substituents is 1. The largest absolute Gasteiger partial charge is 0.359 e. The fourth-order valence-electron chi connectivity index (χ4n) is 3.47. The van der Waals surface area contributed by atoms with Crippen LogP contribution in [-0.2, 0) is 0 Å². The number of rotatable bonds is 3. The number of nitrogens with zero attached hydrogens (tertiary/aromatic N) is 1. The van der Waals surface area contributed by atoms with E-state index in [1.165, 1.54) is 19.3 Å². The second-order valence-corrected chi connectivity index (χ2v) is 6.21. The van der Waals surface area contributed by atoms with Gasteiger partial charge in [-0.3, -0.25) is 10.1 Å². The molecule has 0 heterocycles. The van der Waals surface area contributed by atoms with Crippen molar-refractivity contribution in [2.24, 2.45) is 11.8 Å². The van der Waals surface area contributed by atoms with Gasteiger partial charge in [-0.25, -0.2) is 4.39 Å². The van der Waals surface area contributed by atoms with E-state index < -0.39 is 10.7 Å². The second-order valence-electron chi connectivity index (χ2n) is 5.80. The van der Waals surface area contributed by atoms with E-state index in [0.717, 1.165) is 30.5 Å². The summed E-state index contributed by atoms with van der Waals surface area (Å²) in [4.78, 5) is 10.2. The summed E-state index contributed by atoms with van der Waals surface area (Å²) in [6, 6.07) is 3.70. The summed E-state index contributed by atoms with van der Waals surface area (Å²) in [5.41, 5.74) is -0.133. The van der Waals surface area contributed by atoms with E-state index >= 15 is 0 Å². The Bertz CT molecular complexity index is 596. The van der Waals surface area contributed by atoms with Crippen LogP contribution in [0.25, 0.3) is 0 Å². The van der Waals surface area contributed by atoms with Gasteiger partial charge in [0.1, 0.15) is 5.82 Å². The van der Waals surface area contributed by atoms with Gasteiger partial charge in [0.05, 0.1) is 10.6 Å². The zero-order valence-corrected chi connectivity index (χ0v) is 12.2. The zero-order chi connectivity index (χ0) is 15.0. The first-order valence-corrected chi connectivity index (χ1v) is 7.45. The maximum Gasteiger partial charge on any atom is 0.271 e. The Morgan fingerprint density at radius 1 is 1.38 bits per heavy atom. The molecule has 2 N–H and O–H groups in total. The normalized spacial score (nSPS) is 26.6. The van der Waals surface area contributed by atoms with Crippen LogP contribution in [0.2, 0.25) is 0 Å². The van der Waals surface area contributed by atoms with Crippen molar-refractivity contribution in [1.29, 1.82) is 0 Å². The molecule has 0 amide bonds.